The van der Waals surface area contributed by atoms with Crippen LogP contribution in [0.2, 0.25) is 0 Å². The van der Waals surface area contributed by atoms with Gasteiger partial charge in [-0.3, -0.25) is 4.79 Å². The standard InChI is InChI=1S/C13H17NO3/c1-9(15)13(16)14-6-4-10-2-3-12-11(8-10)5-7-17-12/h2-3,8-9,15H,4-7H2,1H3,(H,14,16). The lowest BCUT2D eigenvalue weighted by Crippen LogP contribution is -2.33. The van der Waals surface area contributed by atoms with Gasteiger partial charge >= 0.3 is 0 Å². The quantitative estimate of drug-likeness (QED) is 0.806. The number of aliphatic hydroxyl groups excluding tert-OH is 1. The molecule has 0 saturated heterocycles. The fourth-order valence-electron chi connectivity index (χ4n) is 1.87. The Balaban J connectivity index is 1.85. The molecule has 0 fully saturated rings. The van der Waals surface area contributed by atoms with Gasteiger partial charge in [0.15, 0.2) is 0 Å². The SMILES string of the molecule is CC(O)C(=O)NCCc1ccc2c(c1)CCO2. The highest BCUT2D eigenvalue weighted by Crippen LogP contribution is 2.25. The zero-order valence-corrected chi connectivity index (χ0v) is 9.90. The Labute approximate surface area is 101 Å². The summed E-state index contributed by atoms with van der Waals surface area (Å²) in [6.07, 6.45) is 0.790. The molecule has 92 valence electrons. The summed E-state index contributed by atoms with van der Waals surface area (Å²) in [6.45, 7) is 2.77. The lowest BCUT2D eigenvalue weighted by atomic mass is 10.1. The van der Waals surface area contributed by atoms with E-state index in [9.17, 15) is 4.79 Å². The van der Waals surface area contributed by atoms with Gasteiger partial charge in [0.2, 0.25) is 5.91 Å². The maximum Gasteiger partial charge on any atom is 0.248 e. The molecular weight excluding hydrogens is 218 g/mol. The molecule has 0 bridgehead atoms. The Morgan fingerprint density at radius 1 is 1.59 bits per heavy atom. The van der Waals surface area contributed by atoms with Crippen LogP contribution in [0.5, 0.6) is 5.75 Å². The van der Waals surface area contributed by atoms with E-state index in [4.69, 9.17) is 9.84 Å². The molecule has 1 heterocycles. The summed E-state index contributed by atoms with van der Waals surface area (Å²) in [5.41, 5.74) is 2.42. The van der Waals surface area contributed by atoms with Crippen LogP contribution in [0.4, 0.5) is 0 Å². The summed E-state index contributed by atoms with van der Waals surface area (Å²) < 4.78 is 5.42. The Morgan fingerprint density at radius 2 is 2.41 bits per heavy atom. The Kier molecular flexibility index (Phi) is 3.64. The van der Waals surface area contributed by atoms with Crippen LogP contribution in [0.15, 0.2) is 18.2 Å². The van der Waals surface area contributed by atoms with Crippen molar-refractivity contribution in [3.63, 3.8) is 0 Å². The van der Waals surface area contributed by atoms with Crippen LogP contribution in [0.3, 0.4) is 0 Å². The molecule has 0 radical (unpaired) electrons. The number of rotatable bonds is 4. The zero-order chi connectivity index (χ0) is 12.3. The van der Waals surface area contributed by atoms with Crippen molar-refractivity contribution in [2.24, 2.45) is 0 Å². The number of fused-ring (bicyclic) bond motifs is 1. The van der Waals surface area contributed by atoms with Crippen LogP contribution in [0.25, 0.3) is 0 Å². The second-order valence-corrected chi connectivity index (χ2v) is 4.26. The van der Waals surface area contributed by atoms with Crippen LogP contribution in [0, 0.1) is 0 Å². The molecule has 4 nitrogen and oxygen atoms in total. The summed E-state index contributed by atoms with van der Waals surface area (Å²) in [5.74, 6) is 0.649. The van der Waals surface area contributed by atoms with Gasteiger partial charge in [0.25, 0.3) is 0 Å². The predicted octanol–water partition coefficient (Wildman–Crippen LogP) is 0.661. The average Bonchev–Trinajstić information content (AvgIpc) is 2.75. The van der Waals surface area contributed by atoms with Gasteiger partial charge in [-0.05, 0) is 30.5 Å². The molecule has 2 rings (SSSR count). The van der Waals surface area contributed by atoms with E-state index in [0.29, 0.717) is 6.54 Å². The normalized spacial score (nSPS) is 14.9. The fourth-order valence-corrected chi connectivity index (χ4v) is 1.87. The Bertz CT molecular complexity index is 415. The highest BCUT2D eigenvalue weighted by Gasteiger charge is 2.12. The van der Waals surface area contributed by atoms with Crippen LogP contribution in [-0.4, -0.2) is 30.3 Å². The van der Waals surface area contributed by atoms with Gasteiger partial charge in [-0.1, -0.05) is 12.1 Å². The van der Waals surface area contributed by atoms with Crippen molar-refractivity contribution in [3.05, 3.63) is 29.3 Å². The number of hydrogen-bond acceptors (Lipinski definition) is 3. The monoisotopic (exact) mass is 235 g/mol. The number of carbonyl (C=O) groups is 1. The van der Waals surface area contributed by atoms with E-state index in [1.807, 2.05) is 12.1 Å². The molecule has 1 aromatic rings. The number of nitrogens with one attached hydrogen (secondary N) is 1. The molecular formula is C13H17NO3. The molecule has 0 aliphatic carbocycles. The van der Waals surface area contributed by atoms with Gasteiger partial charge in [-0.15, -0.1) is 0 Å². The summed E-state index contributed by atoms with van der Waals surface area (Å²) in [6, 6.07) is 6.11. The Morgan fingerprint density at radius 3 is 3.18 bits per heavy atom. The van der Waals surface area contributed by atoms with Crippen molar-refractivity contribution >= 4 is 5.91 Å². The number of amides is 1. The number of carbonyl (C=O) groups excluding carboxylic acids is 1. The smallest absolute Gasteiger partial charge is 0.248 e. The molecule has 2 N–H and O–H groups in total. The van der Waals surface area contributed by atoms with E-state index in [-0.39, 0.29) is 5.91 Å². The highest BCUT2D eigenvalue weighted by atomic mass is 16.5. The first-order valence-electron chi connectivity index (χ1n) is 5.87. The number of ether oxygens (including phenoxy) is 1. The van der Waals surface area contributed by atoms with Gasteiger partial charge < -0.3 is 15.2 Å². The lowest BCUT2D eigenvalue weighted by molar-refractivity contribution is -0.128. The van der Waals surface area contributed by atoms with Crippen molar-refractivity contribution in [1.29, 1.82) is 0 Å². The molecule has 0 spiro atoms. The molecule has 1 amide bonds. The Hall–Kier alpha value is -1.55. The van der Waals surface area contributed by atoms with Crippen molar-refractivity contribution in [2.45, 2.75) is 25.9 Å². The molecule has 0 saturated carbocycles. The second-order valence-electron chi connectivity index (χ2n) is 4.26. The van der Waals surface area contributed by atoms with Crippen LogP contribution in [0.1, 0.15) is 18.1 Å². The number of aliphatic hydroxyl groups is 1. The van der Waals surface area contributed by atoms with Crippen molar-refractivity contribution in [3.8, 4) is 5.75 Å². The summed E-state index contributed by atoms with van der Waals surface area (Å²) in [7, 11) is 0. The third kappa shape index (κ3) is 2.97. The molecule has 1 aliphatic heterocycles. The van der Waals surface area contributed by atoms with Gasteiger partial charge in [0.05, 0.1) is 6.61 Å². The molecule has 1 aromatic carbocycles. The summed E-state index contributed by atoms with van der Waals surface area (Å²) in [5, 5.41) is 11.7. The van der Waals surface area contributed by atoms with Gasteiger partial charge in [-0.2, -0.15) is 0 Å². The van der Waals surface area contributed by atoms with Crippen LogP contribution >= 0.6 is 0 Å². The zero-order valence-electron chi connectivity index (χ0n) is 9.90. The first kappa shape index (κ1) is 11.9. The van der Waals surface area contributed by atoms with Gasteiger partial charge in [0, 0.05) is 13.0 Å². The largest absolute Gasteiger partial charge is 0.493 e. The van der Waals surface area contributed by atoms with Crippen molar-refractivity contribution in [2.75, 3.05) is 13.2 Å². The number of benzene rings is 1. The molecule has 1 aliphatic rings. The van der Waals surface area contributed by atoms with E-state index in [0.717, 1.165) is 25.2 Å². The van der Waals surface area contributed by atoms with Crippen molar-refractivity contribution < 1.29 is 14.6 Å². The minimum absolute atomic E-state index is 0.325. The van der Waals surface area contributed by atoms with Gasteiger partial charge in [-0.25, -0.2) is 0 Å². The van der Waals surface area contributed by atoms with E-state index in [1.54, 1.807) is 0 Å². The topological polar surface area (TPSA) is 58.6 Å². The number of hydrogen-bond donors (Lipinski definition) is 2. The molecule has 0 aromatic heterocycles. The van der Waals surface area contributed by atoms with Crippen LogP contribution in [-0.2, 0) is 17.6 Å². The molecule has 4 heteroatoms. The second kappa shape index (κ2) is 5.19. The van der Waals surface area contributed by atoms with Crippen molar-refractivity contribution in [1.82, 2.24) is 5.32 Å². The first-order valence-corrected chi connectivity index (χ1v) is 5.87. The average molecular weight is 235 g/mol. The maximum absolute atomic E-state index is 11.1. The molecule has 1 atom stereocenters. The third-order valence-corrected chi connectivity index (χ3v) is 2.85. The van der Waals surface area contributed by atoms with E-state index in [1.165, 1.54) is 18.1 Å². The third-order valence-electron chi connectivity index (χ3n) is 2.85. The summed E-state index contributed by atoms with van der Waals surface area (Å²) >= 11 is 0. The predicted molar refractivity (Wildman–Crippen MR) is 64.0 cm³/mol. The minimum atomic E-state index is -0.941. The fraction of sp³-hybridized carbons (Fsp3) is 0.462. The maximum atomic E-state index is 11.1. The lowest BCUT2D eigenvalue weighted by Gasteiger charge is -2.07. The highest BCUT2D eigenvalue weighted by molar-refractivity contribution is 5.79. The van der Waals surface area contributed by atoms with E-state index >= 15 is 0 Å². The van der Waals surface area contributed by atoms with E-state index in [2.05, 4.69) is 11.4 Å². The molecule has 17 heavy (non-hydrogen) atoms. The van der Waals surface area contributed by atoms with Gasteiger partial charge in [0.1, 0.15) is 11.9 Å². The first-order chi connectivity index (χ1) is 8.16. The van der Waals surface area contributed by atoms with Crippen LogP contribution < -0.4 is 10.1 Å². The van der Waals surface area contributed by atoms with E-state index < -0.39 is 6.10 Å². The molecule has 1 unspecified atom stereocenters. The minimum Gasteiger partial charge on any atom is -0.493 e. The summed E-state index contributed by atoms with van der Waals surface area (Å²) in [4.78, 5) is 11.1.